The smallest absolute Gasteiger partial charge is 0.225 e. The Hall–Kier alpha value is -1.92. The molecule has 2 aromatic rings. The van der Waals surface area contributed by atoms with Gasteiger partial charge in [-0.15, -0.1) is 11.3 Å². The molecular weight excluding hydrogens is 394 g/mol. The summed E-state index contributed by atoms with van der Waals surface area (Å²) in [5.41, 5.74) is 2.16. The number of nitrogens with zero attached hydrogens (tertiary/aromatic N) is 3. The quantitative estimate of drug-likeness (QED) is 0.537. The van der Waals surface area contributed by atoms with Crippen LogP contribution in [0.15, 0.2) is 29.6 Å². The van der Waals surface area contributed by atoms with Gasteiger partial charge in [0, 0.05) is 24.4 Å². The van der Waals surface area contributed by atoms with Crippen LogP contribution < -0.4 is 4.74 Å². The van der Waals surface area contributed by atoms with Gasteiger partial charge in [-0.25, -0.2) is 4.98 Å². The van der Waals surface area contributed by atoms with Crippen molar-refractivity contribution in [3.05, 3.63) is 45.9 Å². The lowest BCUT2D eigenvalue weighted by molar-refractivity contribution is -0.135. The van der Waals surface area contributed by atoms with Gasteiger partial charge in [0.2, 0.25) is 5.91 Å². The van der Waals surface area contributed by atoms with E-state index in [-0.39, 0.29) is 11.8 Å². The van der Waals surface area contributed by atoms with Crippen LogP contribution in [0.3, 0.4) is 0 Å². The Labute approximate surface area is 185 Å². The summed E-state index contributed by atoms with van der Waals surface area (Å²) in [5, 5.41) is 3.00. The van der Waals surface area contributed by atoms with Gasteiger partial charge in [0.25, 0.3) is 0 Å². The zero-order valence-corrected chi connectivity index (χ0v) is 19.6. The van der Waals surface area contributed by atoms with Gasteiger partial charge in [-0.2, -0.15) is 0 Å². The minimum atomic E-state index is -0.00227. The fourth-order valence-corrected chi connectivity index (χ4v) is 4.51. The van der Waals surface area contributed by atoms with Crippen LogP contribution in [0.4, 0.5) is 0 Å². The number of para-hydroxylation sites is 1. The zero-order valence-electron chi connectivity index (χ0n) is 18.8. The van der Waals surface area contributed by atoms with Crippen molar-refractivity contribution < 1.29 is 9.53 Å². The molecule has 0 bridgehead atoms. The number of rotatable bonds is 10. The molecule has 0 unspecified atom stereocenters. The Bertz CT molecular complexity index is 812. The van der Waals surface area contributed by atoms with Crippen LogP contribution in [-0.4, -0.2) is 46.9 Å². The first-order chi connectivity index (χ1) is 14.4. The summed E-state index contributed by atoms with van der Waals surface area (Å²) < 4.78 is 6.06. The van der Waals surface area contributed by atoms with E-state index >= 15 is 0 Å². The average molecular weight is 430 g/mol. The lowest BCUT2D eigenvalue weighted by atomic mass is 10.0. The SMILES string of the molecule is CC(C)C(=O)N(CCN1CCCC1)Cc1csc(COc2ccccc2C(C)C)n1. The van der Waals surface area contributed by atoms with Crippen molar-refractivity contribution in [2.45, 2.75) is 59.6 Å². The van der Waals surface area contributed by atoms with Crippen molar-refractivity contribution in [1.82, 2.24) is 14.8 Å². The Kier molecular flexibility index (Phi) is 8.28. The highest BCUT2D eigenvalue weighted by molar-refractivity contribution is 7.09. The summed E-state index contributed by atoms with van der Waals surface area (Å²) in [6.45, 7) is 13.3. The molecule has 0 N–H and O–H groups in total. The van der Waals surface area contributed by atoms with E-state index in [1.165, 1.54) is 18.4 Å². The van der Waals surface area contributed by atoms with Gasteiger partial charge in [-0.1, -0.05) is 45.9 Å². The highest BCUT2D eigenvalue weighted by atomic mass is 32.1. The fourth-order valence-electron chi connectivity index (χ4n) is 3.81. The Morgan fingerprint density at radius 3 is 2.63 bits per heavy atom. The van der Waals surface area contributed by atoms with Crippen molar-refractivity contribution in [2.75, 3.05) is 26.2 Å². The molecule has 6 heteroatoms. The molecular formula is C24H35N3O2S. The van der Waals surface area contributed by atoms with E-state index in [1.807, 2.05) is 36.9 Å². The zero-order chi connectivity index (χ0) is 21.5. The molecule has 3 rings (SSSR count). The summed E-state index contributed by atoms with van der Waals surface area (Å²) in [4.78, 5) is 21.9. The monoisotopic (exact) mass is 429 g/mol. The first-order valence-corrected chi connectivity index (χ1v) is 12.0. The molecule has 0 spiro atoms. The molecule has 2 heterocycles. The van der Waals surface area contributed by atoms with Gasteiger partial charge in [-0.3, -0.25) is 4.79 Å². The molecule has 1 aliphatic rings. The molecule has 1 aliphatic heterocycles. The first kappa shape index (κ1) is 22.8. The lowest BCUT2D eigenvalue weighted by Gasteiger charge is -2.26. The van der Waals surface area contributed by atoms with Crippen molar-refractivity contribution in [2.24, 2.45) is 5.92 Å². The summed E-state index contributed by atoms with van der Waals surface area (Å²) in [5.74, 6) is 1.54. The van der Waals surface area contributed by atoms with Gasteiger partial charge < -0.3 is 14.5 Å². The summed E-state index contributed by atoms with van der Waals surface area (Å²) in [6.07, 6.45) is 2.54. The number of benzene rings is 1. The fraction of sp³-hybridized carbons (Fsp3) is 0.583. The second kappa shape index (κ2) is 10.9. The van der Waals surface area contributed by atoms with E-state index in [1.54, 1.807) is 11.3 Å². The number of aromatic nitrogens is 1. The Morgan fingerprint density at radius 2 is 1.93 bits per heavy atom. The number of carbonyl (C=O) groups is 1. The van der Waals surface area contributed by atoms with E-state index < -0.39 is 0 Å². The standard InChI is InChI=1S/C24H35N3O2S/c1-18(2)21-9-5-6-10-22(21)29-16-23-25-20(17-30-23)15-27(24(28)19(3)4)14-13-26-11-7-8-12-26/h5-6,9-10,17-19H,7-8,11-16H2,1-4H3. The minimum Gasteiger partial charge on any atom is -0.486 e. The van der Waals surface area contributed by atoms with Gasteiger partial charge in [0.1, 0.15) is 17.4 Å². The van der Waals surface area contributed by atoms with E-state index in [2.05, 4.69) is 30.2 Å². The Morgan fingerprint density at radius 1 is 1.20 bits per heavy atom. The number of hydrogen-bond donors (Lipinski definition) is 0. The van der Waals surface area contributed by atoms with Gasteiger partial charge >= 0.3 is 0 Å². The molecule has 0 atom stereocenters. The van der Waals surface area contributed by atoms with E-state index in [0.29, 0.717) is 19.1 Å². The average Bonchev–Trinajstić information content (AvgIpc) is 3.41. The second-order valence-electron chi connectivity index (χ2n) is 8.68. The highest BCUT2D eigenvalue weighted by Gasteiger charge is 2.21. The van der Waals surface area contributed by atoms with Crippen LogP contribution in [0.2, 0.25) is 0 Å². The molecule has 0 aliphatic carbocycles. The molecule has 1 saturated heterocycles. The third-order valence-electron chi connectivity index (χ3n) is 5.53. The number of thiazole rings is 1. The van der Waals surface area contributed by atoms with Crippen LogP contribution in [0.1, 0.15) is 62.7 Å². The predicted octanol–water partition coefficient (Wildman–Crippen LogP) is 4.93. The van der Waals surface area contributed by atoms with Gasteiger partial charge in [-0.05, 0) is 43.5 Å². The molecule has 1 amide bonds. The summed E-state index contributed by atoms with van der Waals surface area (Å²) in [7, 11) is 0. The molecule has 30 heavy (non-hydrogen) atoms. The van der Waals surface area contributed by atoms with Crippen molar-refractivity contribution in [3.63, 3.8) is 0 Å². The molecule has 164 valence electrons. The maximum atomic E-state index is 12.7. The maximum absolute atomic E-state index is 12.7. The molecule has 0 radical (unpaired) electrons. The molecule has 5 nitrogen and oxygen atoms in total. The molecule has 1 fully saturated rings. The van der Waals surface area contributed by atoms with Crippen LogP contribution >= 0.6 is 11.3 Å². The number of amides is 1. The molecule has 1 aromatic carbocycles. The van der Waals surface area contributed by atoms with Gasteiger partial charge in [0.05, 0.1) is 12.2 Å². The second-order valence-corrected chi connectivity index (χ2v) is 9.62. The number of ether oxygens (including phenoxy) is 1. The number of hydrogen-bond acceptors (Lipinski definition) is 5. The third kappa shape index (κ3) is 6.29. The van der Waals surface area contributed by atoms with Crippen LogP contribution in [0.5, 0.6) is 5.75 Å². The first-order valence-electron chi connectivity index (χ1n) is 11.1. The maximum Gasteiger partial charge on any atom is 0.225 e. The van der Waals surface area contributed by atoms with E-state index in [4.69, 9.17) is 9.72 Å². The van der Waals surface area contributed by atoms with Gasteiger partial charge in [0.15, 0.2) is 0 Å². The van der Waals surface area contributed by atoms with Crippen molar-refractivity contribution in [3.8, 4) is 5.75 Å². The molecule has 0 saturated carbocycles. The van der Waals surface area contributed by atoms with E-state index in [0.717, 1.165) is 42.6 Å². The number of carbonyl (C=O) groups excluding carboxylic acids is 1. The summed E-state index contributed by atoms with van der Waals surface area (Å²) >= 11 is 1.60. The predicted molar refractivity (Wildman–Crippen MR) is 123 cm³/mol. The van der Waals surface area contributed by atoms with Crippen LogP contribution in [0, 0.1) is 5.92 Å². The Balaban J connectivity index is 1.59. The normalized spacial score (nSPS) is 14.6. The van der Waals surface area contributed by atoms with Crippen LogP contribution in [0.25, 0.3) is 0 Å². The van der Waals surface area contributed by atoms with Crippen molar-refractivity contribution >= 4 is 17.2 Å². The molecule has 1 aromatic heterocycles. The van der Waals surface area contributed by atoms with Crippen molar-refractivity contribution in [1.29, 1.82) is 0 Å². The lowest BCUT2D eigenvalue weighted by Crippen LogP contribution is -2.39. The highest BCUT2D eigenvalue weighted by Crippen LogP contribution is 2.27. The minimum absolute atomic E-state index is 0.00227. The van der Waals surface area contributed by atoms with Crippen LogP contribution in [-0.2, 0) is 17.9 Å². The third-order valence-corrected chi connectivity index (χ3v) is 6.41. The number of likely N-dealkylation sites (tertiary alicyclic amines) is 1. The topological polar surface area (TPSA) is 45.7 Å². The van der Waals surface area contributed by atoms with E-state index in [9.17, 15) is 4.79 Å². The largest absolute Gasteiger partial charge is 0.486 e. The summed E-state index contributed by atoms with van der Waals surface area (Å²) in [6, 6.07) is 8.19.